The Morgan fingerprint density at radius 1 is 1.29 bits per heavy atom. The van der Waals surface area contributed by atoms with Crippen molar-refractivity contribution in [3.05, 3.63) is 0 Å². The molecule has 0 aromatic rings. The fraction of sp³-hybridized carbons (Fsp3) is 0.875. The van der Waals surface area contributed by atoms with Crippen LogP contribution in [0.2, 0.25) is 0 Å². The lowest BCUT2D eigenvalue weighted by molar-refractivity contribution is -0.169. The summed E-state index contributed by atoms with van der Waals surface area (Å²) in [6.45, 7) is 2.86. The van der Waals surface area contributed by atoms with Crippen molar-refractivity contribution in [3.8, 4) is 0 Å². The van der Waals surface area contributed by atoms with E-state index in [9.17, 15) is 14.7 Å². The predicted octanol–water partition coefficient (Wildman–Crippen LogP) is 1.73. The predicted molar refractivity (Wildman–Crippen MR) is 78.5 cm³/mol. The molecule has 0 aromatic heterocycles. The smallest absolute Gasteiger partial charge is 0.337 e. The summed E-state index contributed by atoms with van der Waals surface area (Å²) in [6, 6.07) is 0. The van der Waals surface area contributed by atoms with Gasteiger partial charge in [-0.2, -0.15) is 0 Å². The number of likely N-dealkylation sites (tertiary alicyclic amines) is 1. The van der Waals surface area contributed by atoms with Gasteiger partial charge in [0.1, 0.15) is 0 Å². The molecule has 0 aromatic carbocycles. The molecule has 0 radical (unpaired) electrons. The first-order valence-electron chi connectivity index (χ1n) is 8.06. The highest BCUT2D eigenvalue weighted by Crippen LogP contribution is 2.31. The van der Waals surface area contributed by atoms with E-state index in [1.54, 1.807) is 4.90 Å². The molecule has 1 aliphatic carbocycles. The highest BCUT2D eigenvalue weighted by molar-refractivity contribution is 5.81. The van der Waals surface area contributed by atoms with Crippen LogP contribution < -0.4 is 0 Å². The molecular formula is C16H27NO4. The molecule has 1 saturated heterocycles. The van der Waals surface area contributed by atoms with E-state index in [-0.39, 0.29) is 24.7 Å². The summed E-state index contributed by atoms with van der Waals surface area (Å²) in [4.78, 5) is 25.8. The van der Waals surface area contributed by atoms with Crippen molar-refractivity contribution in [3.63, 3.8) is 0 Å². The summed E-state index contributed by atoms with van der Waals surface area (Å²) in [5, 5.41) is 10.2. The third-order valence-corrected chi connectivity index (χ3v) is 5.05. The number of hydrogen-bond donors (Lipinski definition) is 1. The molecule has 1 unspecified atom stereocenters. The van der Waals surface area contributed by atoms with Gasteiger partial charge in [0.2, 0.25) is 5.91 Å². The molecule has 120 valence electrons. The molecule has 1 atom stereocenters. The number of rotatable bonds is 4. The summed E-state index contributed by atoms with van der Waals surface area (Å²) >= 11 is 0. The molecule has 2 rings (SSSR count). The maximum absolute atomic E-state index is 12.5. The van der Waals surface area contributed by atoms with Crippen molar-refractivity contribution in [2.45, 2.75) is 57.5 Å². The monoisotopic (exact) mass is 297 g/mol. The summed E-state index contributed by atoms with van der Waals surface area (Å²) in [7, 11) is 1.28. The first-order chi connectivity index (χ1) is 9.96. The highest BCUT2D eigenvalue weighted by atomic mass is 16.5. The molecule has 1 saturated carbocycles. The van der Waals surface area contributed by atoms with Gasteiger partial charge in [-0.1, -0.05) is 32.6 Å². The fourth-order valence-electron chi connectivity index (χ4n) is 3.65. The summed E-state index contributed by atoms with van der Waals surface area (Å²) in [5.74, 6) is 0.306. The maximum Gasteiger partial charge on any atom is 0.337 e. The molecule has 5 heteroatoms. The highest BCUT2D eigenvalue weighted by Gasteiger charge is 2.42. The first kappa shape index (κ1) is 16.3. The van der Waals surface area contributed by atoms with Crippen LogP contribution in [-0.4, -0.2) is 47.7 Å². The zero-order chi connectivity index (χ0) is 15.5. The second kappa shape index (κ2) is 6.77. The SMILES string of the molecule is COC(=O)C1(O)CCN(C(=O)C(C)CC2CCCC2)CC1. The fourth-order valence-corrected chi connectivity index (χ4v) is 3.65. The third kappa shape index (κ3) is 3.76. The Morgan fingerprint density at radius 2 is 1.86 bits per heavy atom. The van der Waals surface area contributed by atoms with Gasteiger partial charge in [-0.05, 0) is 12.3 Å². The molecule has 1 amide bonds. The normalized spacial score (nSPS) is 23.9. The number of carbonyl (C=O) groups excluding carboxylic acids is 2. The van der Waals surface area contributed by atoms with Gasteiger partial charge >= 0.3 is 5.97 Å². The van der Waals surface area contributed by atoms with Crippen molar-refractivity contribution >= 4 is 11.9 Å². The topological polar surface area (TPSA) is 66.8 Å². The van der Waals surface area contributed by atoms with Crippen LogP contribution >= 0.6 is 0 Å². The molecule has 0 spiro atoms. The molecule has 1 heterocycles. The average molecular weight is 297 g/mol. The van der Waals surface area contributed by atoms with E-state index in [2.05, 4.69) is 4.74 Å². The maximum atomic E-state index is 12.5. The van der Waals surface area contributed by atoms with E-state index in [1.165, 1.54) is 32.8 Å². The standard InChI is InChI=1S/C16H27NO4/c1-12(11-13-5-3-4-6-13)14(18)17-9-7-16(20,8-10-17)15(19)21-2/h12-13,20H,3-11H2,1-2H3. The molecule has 1 aliphatic heterocycles. The van der Waals surface area contributed by atoms with Crippen LogP contribution in [0.5, 0.6) is 0 Å². The number of methoxy groups -OCH3 is 1. The lowest BCUT2D eigenvalue weighted by Crippen LogP contribution is -2.52. The minimum Gasteiger partial charge on any atom is -0.467 e. The van der Waals surface area contributed by atoms with Gasteiger partial charge in [-0.3, -0.25) is 4.79 Å². The number of piperidine rings is 1. The number of nitrogens with zero attached hydrogens (tertiary/aromatic N) is 1. The number of ether oxygens (including phenoxy) is 1. The second-order valence-electron chi connectivity index (χ2n) is 6.64. The van der Waals surface area contributed by atoms with Crippen LogP contribution in [0.25, 0.3) is 0 Å². The Bertz CT molecular complexity index is 382. The Labute approximate surface area is 126 Å². The molecular weight excluding hydrogens is 270 g/mol. The van der Waals surface area contributed by atoms with Gasteiger partial charge < -0.3 is 14.7 Å². The summed E-state index contributed by atoms with van der Waals surface area (Å²) in [5.41, 5.74) is -1.42. The van der Waals surface area contributed by atoms with Crippen LogP contribution in [0.4, 0.5) is 0 Å². The van der Waals surface area contributed by atoms with E-state index < -0.39 is 11.6 Å². The van der Waals surface area contributed by atoms with Gasteiger partial charge in [-0.25, -0.2) is 4.79 Å². The van der Waals surface area contributed by atoms with Crippen LogP contribution in [0, 0.1) is 11.8 Å². The summed E-state index contributed by atoms with van der Waals surface area (Å²) < 4.78 is 4.63. The molecule has 5 nitrogen and oxygen atoms in total. The molecule has 2 aliphatic rings. The zero-order valence-corrected chi connectivity index (χ0v) is 13.1. The lowest BCUT2D eigenvalue weighted by atomic mass is 9.89. The number of esters is 1. The van der Waals surface area contributed by atoms with E-state index >= 15 is 0 Å². The second-order valence-corrected chi connectivity index (χ2v) is 6.64. The van der Waals surface area contributed by atoms with Crippen molar-refractivity contribution in [1.29, 1.82) is 0 Å². The van der Waals surface area contributed by atoms with E-state index in [0.29, 0.717) is 19.0 Å². The van der Waals surface area contributed by atoms with Crippen LogP contribution in [-0.2, 0) is 14.3 Å². The van der Waals surface area contributed by atoms with Gasteiger partial charge in [0.25, 0.3) is 0 Å². The minimum atomic E-state index is -1.42. The van der Waals surface area contributed by atoms with Crippen molar-refractivity contribution in [1.82, 2.24) is 4.90 Å². The Kier molecular flexibility index (Phi) is 5.25. The van der Waals surface area contributed by atoms with Gasteiger partial charge in [0, 0.05) is 31.8 Å². The first-order valence-corrected chi connectivity index (χ1v) is 8.06. The molecule has 0 bridgehead atoms. The van der Waals surface area contributed by atoms with Crippen LogP contribution in [0.15, 0.2) is 0 Å². The van der Waals surface area contributed by atoms with Crippen LogP contribution in [0.1, 0.15) is 51.9 Å². The minimum absolute atomic E-state index is 0.0393. The van der Waals surface area contributed by atoms with Crippen molar-refractivity contribution in [2.24, 2.45) is 11.8 Å². The number of hydrogen-bond acceptors (Lipinski definition) is 4. The number of amides is 1. The largest absolute Gasteiger partial charge is 0.467 e. The van der Waals surface area contributed by atoms with Crippen molar-refractivity contribution < 1.29 is 19.4 Å². The number of carbonyl (C=O) groups is 2. The lowest BCUT2D eigenvalue weighted by Gasteiger charge is -2.37. The average Bonchev–Trinajstić information content (AvgIpc) is 2.99. The Morgan fingerprint density at radius 3 is 2.38 bits per heavy atom. The van der Waals surface area contributed by atoms with Gasteiger partial charge in [0.15, 0.2) is 5.60 Å². The summed E-state index contributed by atoms with van der Waals surface area (Å²) in [6.07, 6.45) is 6.59. The molecule has 1 N–H and O–H groups in total. The zero-order valence-electron chi connectivity index (χ0n) is 13.1. The van der Waals surface area contributed by atoms with Crippen molar-refractivity contribution in [2.75, 3.05) is 20.2 Å². The molecule has 21 heavy (non-hydrogen) atoms. The molecule has 2 fully saturated rings. The van der Waals surface area contributed by atoms with E-state index in [0.717, 1.165) is 6.42 Å². The number of aliphatic hydroxyl groups is 1. The van der Waals surface area contributed by atoms with Gasteiger partial charge in [-0.15, -0.1) is 0 Å². The Hall–Kier alpha value is -1.10. The third-order valence-electron chi connectivity index (χ3n) is 5.05. The van der Waals surface area contributed by atoms with Gasteiger partial charge in [0.05, 0.1) is 7.11 Å². The Balaban J connectivity index is 1.83. The van der Waals surface area contributed by atoms with E-state index in [1.807, 2.05) is 6.92 Å². The van der Waals surface area contributed by atoms with E-state index in [4.69, 9.17) is 0 Å². The van der Waals surface area contributed by atoms with Crippen LogP contribution in [0.3, 0.4) is 0 Å². The quantitative estimate of drug-likeness (QED) is 0.803.